The van der Waals surface area contributed by atoms with Crippen LogP contribution in [0.4, 0.5) is 11.6 Å². The number of aryl methyl sites for hydroxylation is 1. The molecule has 2 N–H and O–H groups in total. The number of carboxylic acids is 1. The number of aromatic nitrogens is 4. The summed E-state index contributed by atoms with van der Waals surface area (Å²) < 4.78 is 2.88. The molecule has 0 bridgehead atoms. The Hall–Kier alpha value is -4.49. The first kappa shape index (κ1) is 23.7. The van der Waals surface area contributed by atoms with Gasteiger partial charge < -0.3 is 14.9 Å². The van der Waals surface area contributed by atoms with E-state index >= 15 is 0 Å². The number of piperazine rings is 1. The van der Waals surface area contributed by atoms with Gasteiger partial charge in [-0.25, -0.2) is 4.79 Å². The fourth-order valence-electron chi connectivity index (χ4n) is 4.05. The van der Waals surface area contributed by atoms with Crippen LogP contribution >= 0.6 is 0 Å². The number of nitrogens with zero attached hydrogens (tertiary/aromatic N) is 6. The van der Waals surface area contributed by atoms with Crippen molar-refractivity contribution in [1.29, 1.82) is 0 Å². The number of hydrogen-bond acceptors (Lipinski definition) is 8. The molecule has 0 spiro atoms. The summed E-state index contributed by atoms with van der Waals surface area (Å²) in [6, 6.07) is 5.91. The maximum Gasteiger partial charge on any atom is 0.329 e. The number of rotatable bonds is 7. The van der Waals surface area contributed by atoms with Crippen molar-refractivity contribution in [2.45, 2.75) is 19.4 Å². The van der Waals surface area contributed by atoms with Gasteiger partial charge in [0.25, 0.3) is 11.2 Å². The van der Waals surface area contributed by atoms with Crippen molar-refractivity contribution >= 4 is 34.7 Å². The lowest BCUT2D eigenvalue weighted by Gasteiger charge is -2.35. The smallest absolute Gasteiger partial charge is 0.329 e. The van der Waals surface area contributed by atoms with E-state index in [-0.39, 0.29) is 42.1 Å². The highest BCUT2D eigenvalue weighted by molar-refractivity contribution is 5.81. The molecule has 0 saturated carbocycles. The van der Waals surface area contributed by atoms with Crippen molar-refractivity contribution in [3.8, 4) is 0 Å². The zero-order valence-electron chi connectivity index (χ0n) is 18.8. The molecule has 1 aliphatic rings. The van der Waals surface area contributed by atoms with Crippen LogP contribution in [0, 0.1) is 10.1 Å². The first-order chi connectivity index (χ1) is 16.7. The number of nitrogens with one attached hydrogen (secondary N) is 1. The summed E-state index contributed by atoms with van der Waals surface area (Å²) >= 11 is 0. The molecule has 35 heavy (non-hydrogen) atoms. The molecule has 1 fully saturated rings. The number of anilines is 1. The highest BCUT2D eigenvalue weighted by Gasteiger charge is 2.27. The van der Waals surface area contributed by atoms with Crippen LogP contribution in [-0.4, -0.2) is 72.1 Å². The molecule has 1 amide bonds. The van der Waals surface area contributed by atoms with E-state index in [4.69, 9.17) is 5.11 Å². The maximum atomic E-state index is 12.7. The summed E-state index contributed by atoms with van der Waals surface area (Å²) in [5.74, 6) is -0.860. The molecule has 3 aromatic rings. The fraction of sp³-hybridized carbons (Fsp3) is 0.381. The van der Waals surface area contributed by atoms with Gasteiger partial charge in [-0.15, -0.1) is 0 Å². The first-order valence-corrected chi connectivity index (χ1v) is 10.8. The number of nitro benzene ring substituents is 1. The number of aromatic amines is 1. The second-order valence-electron chi connectivity index (χ2n) is 8.17. The molecule has 14 heteroatoms. The first-order valence-electron chi connectivity index (χ1n) is 10.8. The average molecular weight is 485 g/mol. The molecule has 4 rings (SSSR count). The Balaban J connectivity index is 1.67. The van der Waals surface area contributed by atoms with Gasteiger partial charge in [0.1, 0.15) is 0 Å². The van der Waals surface area contributed by atoms with Crippen LogP contribution in [0.1, 0.15) is 18.4 Å². The van der Waals surface area contributed by atoms with Crippen LogP contribution in [0.3, 0.4) is 0 Å². The Bertz CT molecular complexity index is 1410. The molecule has 1 aliphatic heterocycles. The van der Waals surface area contributed by atoms with Crippen molar-refractivity contribution in [1.82, 2.24) is 24.0 Å². The van der Waals surface area contributed by atoms with Crippen molar-refractivity contribution in [3.05, 3.63) is 60.8 Å². The SMILES string of the molecule is Cn1c(=O)[nH]c(=O)c2c1nc(N1CCN(C(=O)CCC(=O)O)CC1)n2Cc1ccc([N+](=O)[O-])cc1. The third-order valence-corrected chi connectivity index (χ3v) is 5.94. The van der Waals surface area contributed by atoms with Gasteiger partial charge in [-0.1, -0.05) is 12.1 Å². The van der Waals surface area contributed by atoms with E-state index < -0.39 is 22.1 Å². The van der Waals surface area contributed by atoms with Crippen LogP contribution in [0.5, 0.6) is 0 Å². The Morgan fingerprint density at radius 1 is 1.11 bits per heavy atom. The number of carboxylic acid groups (broad SMARTS) is 1. The monoisotopic (exact) mass is 485 g/mol. The molecule has 14 nitrogen and oxygen atoms in total. The second kappa shape index (κ2) is 9.40. The highest BCUT2D eigenvalue weighted by Crippen LogP contribution is 2.23. The van der Waals surface area contributed by atoms with E-state index in [1.54, 1.807) is 21.6 Å². The molecule has 3 heterocycles. The number of hydrogen-bond donors (Lipinski definition) is 2. The van der Waals surface area contributed by atoms with Crippen molar-refractivity contribution in [2.24, 2.45) is 7.05 Å². The molecule has 1 aromatic carbocycles. The summed E-state index contributed by atoms with van der Waals surface area (Å²) in [6.07, 6.45) is -0.313. The number of benzene rings is 1. The standard InChI is InChI=1S/C21H23N7O7/c1-24-18-17(19(32)23-21(24)33)27(12-13-2-4-14(5-3-13)28(34)35)20(22-18)26-10-8-25(9-11-26)15(29)6-7-16(30)31/h2-5H,6-12H2,1H3,(H,30,31)(H,23,32,33). The number of imidazole rings is 1. The van der Waals surface area contributed by atoms with Gasteiger partial charge in [-0.05, 0) is 5.56 Å². The molecule has 0 aliphatic carbocycles. The number of amides is 1. The summed E-state index contributed by atoms with van der Waals surface area (Å²) in [5, 5.41) is 19.8. The summed E-state index contributed by atoms with van der Waals surface area (Å²) in [5.41, 5.74) is -0.217. The van der Waals surface area contributed by atoms with Gasteiger partial charge >= 0.3 is 11.7 Å². The number of non-ortho nitro benzene ring substituents is 1. The highest BCUT2D eigenvalue weighted by atomic mass is 16.6. The van der Waals surface area contributed by atoms with E-state index in [1.165, 1.54) is 23.7 Å². The normalized spacial score (nSPS) is 13.9. The third-order valence-electron chi connectivity index (χ3n) is 5.94. The number of nitro groups is 1. The van der Waals surface area contributed by atoms with Gasteiger partial charge in [0.05, 0.1) is 17.9 Å². The summed E-state index contributed by atoms with van der Waals surface area (Å²) in [4.78, 5) is 68.7. The predicted octanol–water partition coefficient (Wildman–Crippen LogP) is -0.107. The van der Waals surface area contributed by atoms with Gasteiger partial charge in [0, 0.05) is 51.8 Å². The summed E-state index contributed by atoms with van der Waals surface area (Å²) in [6.45, 7) is 1.62. The van der Waals surface area contributed by atoms with Crippen LogP contribution in [0.2, 0.25) is 0 Å². The minimum Gasteiger partial charge on any atom is -0.481 e. The molecule has 0 radical (unpaired) electrons. The maximum absolute atomic E-state index is 12.7. The predicted molar refractivity (Wildman–Crippen MR) is 123 cm³/mol. The van der Waals surface area contributed by atoms with E-state index in [1.807, 2.05) is 4.90 Å². The summed E-state index contributed by atoms with van der Waals surface area (Å²) in [7, 11) is 1.49. The lowest BCUT2D eigenvalue weighted by molar-refractivity contribution is -0.384. The van der Waals surface area contributed by atoms with E-state index in [0.29, 0.717) is 37.7 Å². The van der Waals surface area contributed by atoms with Gasteiger partial charge in [-0.2, -0.15) is 4.98 Å². The molecule has 0 atom stereocenters. The second-order valence-corrected chi connectivity index (χ2v) is 8.17. The van der Waals surface area contributed by atoms with Crippen LogP contribution in [-0.2, 0) is 23.2 Å². The number of carbonyl (C=O) groups excluding carboxylic acids is 1. The quantitative estimate of drug-likeness (QED) is 0.341. The minimum absolute atomic E-state index is 0.0617. The molecular weight excluding hydrogens is 462 g/mol. The van der Waals surface area contributed by atoms with Gasteiger partial charge in [0.15, 0.2) is 11.2 Å². The van der Waals surface area contributed by atoms with Crippen LogP contribution < -0.4 is 16.1 Å². The zero-order chi connectivity index (χ0) is 25.3. The Morgan fingerprint density at radius 2 is 1.77 bits per heavy atom. The third kappa shape index (κ3) is 4.76. The van der Waals surface area contributed by atoms with Gasteiger partial charge in [0.2, 0.25) is 11.9 Å². The lowest BCUT2D eigenvalue weighted by Crippen LogP contribution is -2.49. The Labute approximate surface area is 197 Å². The zero-order valence-corrected chi connectivity index (χ0v) is 18.8. The van der Waals surface area contributed by atoms with E-state index in [0.717, 1.165) is 0 Å². The van der Waals surface area contributed by atoms with Crippen molar-refractivity contribution in [2.75, 3.05) is 31.1 Å². The lowest BCUT2D eigenvalue weighted by atomic mass is 10.2. The number of aliphatic carboxylic acids is 1. The largest absolute Gasteiger partial charge is 0.481 e. The molecular formula is C21H23N7O7. The molecule has 2 aromatic heterocycles. The van der Waals surface area contributed by atoms with Crippen molar-refractivity contribution in [3.63, 3.8) is 0 Å². The van der Waals surface area contributed by atoms with E-state index in [9.17, 15) is 29.3 Å². The van der Waals surface area contributed by atoms with E-state index in [2.05, 4.69) is 9.97 Å². The Morgan fingerprint density at radius 3 is 2.37 bits per heavy atom. The fourth-order valence-corrected chi connectivity index (χ4v) is 4.05. The number of H-pyrrole nitrogens is 1. The average Bonchev–Trinajstić information content (AvgIpc) is 3.21. The molecule has 1 saturated heterocycles. The Kier molecular flexibility index (Phi) is 6.36. The van der Waals surface area contributed by atoms with Gasteiger partial charge in [-0.3, -0.25) is 38.6 Å². The van der Waals surface area contributed by atoms with Crippen LogP contribution in [0.25, 0.3) is 11.2 Å². The number of carbonyl (C=O) groups is 2. The molecule has 184 valence electrons. The van der Waals surface area contributed by atoms with Crippen molar-refractivity contribution < 1.29 is 19.6 Å². The number of fused-ring (bicyclic) bond motifs is 1. The minimum atomic E-state index is -1.03. The topological polar surface area (TPSA) is 177 Å². The molecule has 0 unspecified atom stereocenters. The van der Waals surface area contributed by atoms with Crippen LogP contribution in [0.15, 0.2) is 33.9 Å².